The normalized spacial score (nSPS) is 11.6. The molecule has 96 valence electrons. The highest BCUT2D eigenvalue weighted by Gasteiger charge is 2.34. The summed E-state index contributed by atoms with van der Waals surface area (Å²) in [6.45, 7) is 0. The summed E-state index contributed by atoms with van der Waals surface area (Å²) in [6, 6.07) is 2.79. The third-order valence-electron chi connectivity index (χ3n) is 2.40. The molecule has 1 N–H and O–H groups in total. The van der Waals surface area contributed by atoms with Gasteiger partial charge in [0.2, 0.25) is 5.95 Å². The maximum absolute atomic E-state index is 13.1. The van der Waals surface area contributed by atoms with Gasteiger partial charge in [0.05, 0.1) is 5.56 Å². The maximum Gasteiger partial charge on any atom is 0.419 e. The molecule has 1 aromatic heterocycles. The summed E-state index contributed by atoms with van der Waals surface area (Å²) >= 11 is 0. The van der Waals surface area contributed by atoms with Crippen LogP contribution < -0.4 is 5.32 Å². The van der Waals surface area contributed by atoms with E-state index in [-0.39, 0.29) is 5.69 Å². The molecule has 18 heavy (non-hydrogen) atoms. The number of anilines is 1. The zero-order valence-electron chi connectivity index (χ0n) is 9.29. The van der Waals surface area contributed by atoms with Crippen molar-refractivity contribution in [3.8, 4) is 5.69 Å². The predicted octanol–water partition coefficient (Wildman–Crippen LogP) is 3.07. The Morgan fingerprint density at radius 1 is 1.28 bits per heavy atom. The number of hydrogen-bond donors (Lipinski definition) is 1. The second-order valence-corrected chi connectivity index (χ2v) is 3.53. The number of benzene rings is 1. The first kappa shape index (κ1) is 12.4. The van der Waals surface area contributed by atoms with Crippen LogP contribution in [0.15, 0.2) is 30.6 Å². The molecule has 0 radical (unpaired) electrons. The number of hydrogen-bond acceptors (Lipinski definition) is 2. The van der Waals surface area contributed by atoms with Gasteiger partial charge >= 0.3 is 6.18 Å². The first-order valence-corrected chi connectivity index (χ1v) is 5.01. The molecule has 0 saturated heterocycles. The number of halogens is 4. The molecule has 2 aromatic rings. The van der Waals surface area contributed by atoms with Crippen LogP contribution in [0.1, 0.15) is 5.56 Å². The molecule has 0 aliphatic carbocycles. The lowest BCUT2D eigenvalue weighted by Gasteiger charge is -2.12. The van der Waals surface area contributed by atoms with Crippen molar-refractivity contribution in [2.24, 2.45) is 0 Å². The first-order valence-electron chi connectivity index (χ1n) is 5.01. The van der Waals surface area contributed by atoms with Crippen molar-refractivity contribution >= 4 is 5.95 Å². The molecule has 0 atom stereocenters. The minimum atomic E-state index is -4.72. The van der Waals surface area contributed by atoms with Crippen molar-refractivity contribution in [3.05, 3.63) is 42.0 Å². The van der Waals surface area contributed by atoms with Crippen molar-refractivity contribution in [2.75, 3.05) is 12.4 Å². The Balaban J connectivity index is 2.54. The van der Waals surface area contributed by atoms with Gasteiger partial charge in [0, 0.05) is 25.1 Å². The van der Waals surface area contributed by atoms with Gasteiger partial charge in [-0.05, 0) is 18.2 Å². The van der Waals surface area contributed by atoms with Crippen LogP contribution in [0.3, 0.4) is 0 Å². The molecule has 0 saturated carbocycles. The third kappa shape index (κ3) is 2.15. The molecule has 0 spiro atoms. The number of alkyl halides is 3. The van der Waals surface area contributed by atoms with Crippen LogP contribution in [0.4, 0.5) is 23.5 Å². The lowest BCUT2D eigenvalue weighted by atomic mass is 10.2. The molecular weight excluding hydrogens is 250 g/mol. The highest BCUT2D eigenvalue weighted by atomic mass is 19.4. The van der Waals surface area contributed by atoms with E-state index in [4.69, 9.17) is 0 Å². The number of rotatable bonds is 2. The standard InChI is InChI=1S/C11H9F4N3/c1-16-10-17-4-5-18(10)7-2-3-9(12)8(6-7)11(13,14)15/h2-6H,1H3,(H,16,17). The minimum absolute atomic E-state index is 0.186. The van der Waals surface area contributed by atoms with E-state index in [9.17, 15) is 17.6 Å². The monoisotopic (exact) mass is 259 g/mol. The van der Waals surface area contributed by atoms with E-state index >= 15 is 0 Å². The molecule has 0 amide bonds. The molecule has 0 aliphatic rings. The Hall–Kier alpha value is -2.05. The number of aromatic nitrogens is 2. The molecule has 0 aliphatic heterocycles. The average Bonchev–Trinajstić information content (AvgIpc) is 2.76. The fourth-order valence-electron chi connectivity index (χ4n) is 1.58. The lowest BCUT2D eigenvalue weighted by Crippen LogP contribution is -2.10. The van der Waals surface area contributed by atoms with Crippen LogP contribution in [0.5, 0.6) is 0 Å². The molecule has 0 fully saturated rings. The fourth-order valence-corrected chi connectivity index (χ4v) is 1.58. The number of imidazole rings is 1. The van der Waals surface area contributed by atoms with E-state index in [1.807, 2.05) is 0 Å². The van der Waals surface area contributed by atoms with Crippen LogP contribution >= 0.6 is 0 Å². The molecule has 2 rings (SSSR count). The second kappa shape index (κ2) is 4.32. The van der Waals surface area contributed by atoms with Gasteiger partial charge in [-0.2, -0.15) is 13.2 Å². The van der Waals surface area contributed by atoms with Crippen molar-refractivity contribution in [3.63, 3.8) is 0 Å². The van der Waals surface area contributed by atoms with E-state index in [0.29, 0.717) is 5.95 Å². The predicted molar refractivity (Wildman–Crippen MR) is 58.1 cm³/mol. The SMILES string of the molecule is CNc1nccn1-c1ccc(F)c(C(F)(F)F)c1. The van der Waals surface area contributed by atoms with Crippen molar-refractivity contribution in [1.29, 1.82) is 0 Å². The lowest BCUT2D eigenvalue weighted by molar-refractivity contribution is -0.140. The van der Waals surface area contributed by atoms with Crippen LogP contribution in [0.2, 0.25) is 0 Å². The van der Waals surface area contributed by atoms with Crippen molar-refractivity contribution in [2.45, 2.75) is 6.18 Å². The van der Waals surface area contributed by atoms with Crippen LogP contribution in [0.25, 0.3) is 5.69 Å². The minimum Gasteiger partial charge on any atom is -0.358 e. The van der Waals surface area contributed by atoms with E-state index in [2.05, 4.69) is 10.3 Å². The van der Waals surface area contributed by atoms with E-state index < -0.39 is 17.6 Å². The van der Waals surface area contributed by atoms with Gasteiger partial charge in [-0.25, -0.2) is 9.37 Å². The van der Waals surface area contributed by atoms with Gasteiger partial charge in [-0.1, -0.05) is 0 Å². The summed E-state index contributed by atoms with van der Waals surface area (Å²) in [5, 5.41) is 2.72. The van der Waals surface area contributed by atoms with Gasteiger partial charge in [-0.3, -0.25) is 4.57 Å². The topological polar surface area (TPSA) is 29.9 Å². The largest absolute Gasteiger partial charge is 0.419 e. The summed E-state index contributed by atoms with van der Waals surface area (Å²) in [5.41, 5.74) is -1.11. The molecule has 0 unspecified atom stereocenters. The van der Waals surface area contributed by atoms with Crippen molar-refractivity contribution < 1.29 is 17.6 Å². The van der Waals surface area contributed by atoms with E-state index in [1.165, 1.54) is 23.0 Å². The third-order valence-corrected chi connectivity index (χ3v) is 2.40. The van der Waals surface area contributed by atoms with Crippen molar-refractivity contribution in [1.82, 2.24) is 9.55 Å². The molecule has 3 nitrogen and oxygen atoms in total. The van der Waals surface area contributed by atoms with E-state index in [1.54, 1.807) is 7.05 Å². The molecule has 1 aromatic carbocycles. The average molecular weight is 259 g/mol. The Kier molecular flexibility index (Phi) is 2.98. The van der Waals surface area contributed by atoms with Gasteiger partial charge in [0.25, 0.3) is 0 Å². The van der Waals surface area contributed by atoms with Gasteiger partial charge in [-0.15, -0.1) is 0 Å². The Morgan fingerprint density at radius 3 is 2.61 bits per heavy atom. The van der Waals surface area contributed by atoms with Crippen LogP contribution in [-0.2, 0) is 6.18 Å². The van der Waals surface area contributed by atoms with Gasteiger partial charge in [0.1, 0.15) is 5.82 Å². The summed E-state index contributed by atoms with van der Waals surface area (Å²) in [6.07, 6.45) is -1.80. The second-order valence-electron chi connectivity index (χ2n) is 3.53. The zero-order chi connectivity index (χ0) is 13.3. The Bertz CT molecular complexity index is 560. The number of nitrogens with zero attached hydrogens (tertiary/aromatic N) is 2. The maximum atomic E-state index is 13.1. The summed E-state index contributed by atoms with van der Waals surface area (Å²) < 4.78 is 52.2. The molecule has 0 bridgehead atoms. The fraction of sp³-hybridized carbons (Fsp3) is 0.182. The first-order chi connectivity index (χ1) is 8.43. The highest BCUT2D eigenvalue weighted by Crippen LogP contribution is 2.33. The zero-order valence-corrected chi connectivity index (χ0v) is 9.29. The van der Waals surface area contributed by atoms with Crippen LogP contribution in [-0.4, -0.2) is 16.6 Å². The Morgan fingerprint density at radius 2 is 2.00 bits per heavy atom. The summed E-state index contributed by atoms with van der Waals surface area (Å²) in [5.74, 6) is -0.924. The molecule has 7 heteroatoms. The molecular formula is C11H9F4N3. The van der Waals surface area contributed by atoms with Gasteiger partial charge in [0.15, 0.2) is 0 Å². The Labute approximate surface area is 100 Å². The van der Waals surface area contributed by atoms with Gasteiger partial charge < -0.3 is 5.32 Å². The van der Waals surface area contributed by atoms with E-state index in [0.717, 1.165) is 12.1 Å². The summed E-state index contributed by atoms with van der Waals surface area (Å²) in [7, 11) is 1.59. The smallest absolute Gasteiger partial charge is 0.358 e. The number of nitrogens with one attached hydrogen (secondary N) is 1. The molecule has 1 heterocycles. The quantitative estimate of drug-likeness (QED) is 0.840. The summed E-state index contributed by atoms with van der Waals surface area (Å²) in [4.78, 5) is 3.90. The van der Waals surface area contributed by atoms with Crippen LogP contribution in [0, 0.1) is 5.82 Å². The highest BCUT2D eigenvalue weighted by molar-refractivity contribution is 5.44.